The van der Waals surface area contributed by atoms with Crippen LogP contribution in [-0.4, -0.2) is 35.4 Å². The quantitative estimate of drug-likeness (QED) is 0.331. The van der Waals surface area contributed by atoms with E-state index in [4.69, 9.17) is 11.6 Å². The Morgan fingerprint density at radius 1 is 1.13 bits per heavy atom. The van der Waals surface area contributed by atoms with Crippen molar-refractivity contribution >= 4 is 49.5 Å². The maximum atomic E-state index is 13.6. The average molecular weight is 444 g/mol. The first kappa shape index (κ1) is 20.3. The Hall–Kier alpha value is -2.97. The summed E-state index contributed by atoms with van der Waals surface area (Å²) < 4.78 is 33.2. The molecule has 3 heterocycles. The molecule has 154 valence electrons. The monoisotopic (exact) mass is 443 g/mol. The number of carbonyl (C=O) groups is 1. The lowest BCUT2D eigenvalue weighted by Crippen LogP contribution is -2.16. The summed E-state index contributed by atoms with van der Waals surface area (Å²) in [5, 5.41) is 0.999. The molecule has 0 amide bonds. The van der Waals surface area contributed by atoms with E-state index >= 15 is 0 Å². The predicted octanol–water partition coefficient (Wildman–Crippen LogP) is 3.97. The highest BCUT2D eigenvalue weighted by Gasteiger charge is 2.24. The smallest absolute Gasteiger partial charge is 0.305 e. The van der Waals surface area contributed by atoms with E-state index in [1.165, 1.54) is 17.1 Å². The van der Waals surface area contributed by atoms with E-state index in [0.29, 0.717) is 35.1 Å². The van der Waals surface area contributed by atoms with E-state index in [1.54, 1.807) is 42.6 Å². The van der Waals surface area contributed by atoms with E-state index in [9.17, 15) is 13.2 Å². The summed E-state index contributed by atoms with van der Waals surface area (Å²) >= 11 is 6.00. The van der Waals surface area contributed by atoms with Crippen LogP contribution in [0.4, 0.5) is 0 Å². The average Bonchev–Trinajstić information content (AvgIpc) is 3.11. The van der Waals surface area contributed by atoms with Gasteiger partial charge < -0.3 is 4.74 Å². The van der Waals surface area contributed by atoms with Gasteiger partial charge in [-0.05, 0) is 55.3 Å². The maximum absolute atomic E-state index is 13.6. The van der Waals surface area contributed by atoms with E-state index in [-0.39, 0.29) is 22.4 Å². The van der Waals surface area contributed by atoms with Crippen molar-refractivity contribution in [1.82, 2.24) is 13.9 Å². The predicted molar refractivity (Wildman–Crippen MR) is 114 cm³/mol. The van der Waals surface area contributed by atoms with Gasteiger partial charge >= 0.3 is 5.97 Å². The number of hydrogen-bond donors (Lipinski definition) is 0. The molecule has 0 bridgehead atoms. The van der Waals surface area contributed by atoms with Crippen molar-refractivity contribution in [2.75, 3.05) is 7.11 Å². The molecule has 0 spiro atoms. The Morgan fingerprint density at radius 2 is 1.97 bits per heavy atom. The van der Waals surface area contributed by atoms with Gasteiger partial charge in [-0.1, -0.05) is 17.7 Å². The van der Waals surface area contributed by atoms with Crippen molar-refractivity contribution in [3.05, 3.63) is 65.6 Å². The summed E-state index contributed by atoms with van der Waals surface area (Å²) in [7, 11) is -2.60. The van der Waals surface area contributed by atoms with Crippen LogP contribution in [0.5, 0.6) is 0 Å². The highest BCUT2D eigenvalue weighted by atomic mass is 35.5. The van der Waals surface area contributed by atoms with Gasteiger partial charge in [0.1, 0.15) is 5.15 Å². The molecule has 30 heavy (non-hydrogen) atoms. The number of carbonyl (C=O) groups excluding carboxylic acids is 1. The fourth-order valence-electron chi connectivity index (χ4n) is 3.38. The van der Waals surface area contributed by atoms with E-state index in [2.05, 4.69) is 14.7 Å². The summed E-state index contributed by atoms with van der Waals surface area (Å²) in [5.41, 5.74) is 2.14. The van der Waals surface area contributed by atoms with Gasteiger partial charge in [0.2, 0.25) is 0 Å². The molecular weight excluding hydrogens is 426 g/mol. The molecule has 7 nitrogen and oxygen atoms in total. The number of hydrogen-bond acceptors (Lipinski definition) is 6. The minimum absolute atomic E-state index is 0.143. The van der Waals surface area contributed by atoms with Gasteiger partial charge in [-0.2, -0.15) is 0 Å². The number of nitrogens with zero attached hydrogens (tertiary/aromatic N) is 3. The first-order valence-corrected chi connectivity index (χ1v) is 11.1. The number of aromatic nitrogens is 3. The zero-order valence-corrected chi connectivity index (χ0v) is 17.7. The van der Waals surface area contributed by atoms with Crippen LogP contribution in [0.15, 0.2) is 59.6 Å². The lowest BCUT2D eigenvalue weighted by molar-refractivity contribution is -0.140. The number of ether oxygens (including phenoxy) is 1. The maximum Gasteiger partial charge on any atom is 0.305 e. The third-order valence-electron chi connectivity index (χ3n) is 4.81. The molecular formula is C21H18ClN3O4S. The molecule has 0 saturated carbocycles. The fourth-order valence-corrected chi connectivity index (χ4v) is 5.13. The highest BCUT2D eigenvalue weighted by Crippen LogP contribution is 2.28. The molecule has 0 aliphatic carbocycles. The normalized spacial score (nSPS) is 11.8. The molecule has 0 radical (unpaired) electrons. The molecule has 0 fully saturated rings. The molecule has 4 aromatic rings. The molecule has 0 saturated heterocycles. The molecule has 0 N–H and O–H groups in total. The van der Waals surface area contributed by atoms with Crippen LogP contribution in [0.1, 0.15) is 18.5 Å². The van der Waals surface area contributed by atoms with Gasteiger partial charge in [-0.3, -0.25) is 9.78 Å². The highest BCUT2D eigenvalue weighted by molar-refractivity contribution is 7.90. The van der Waals surface area contributed by atoms with Crippen LogP contribution < -0.4 is 0 Å². The third kappa shape index (κ3) is 3.76. The van der Waals surface area contributed by atoms with Gasteiger partial charge in [-0.15, -0.1) is 0 Å². The number of rotatable bonds is 6. The summed E-state index contributed by atoms with van der Waals surface area (Å²) in [5.74, 6) is -0.344. The lowest BCUT2D eigenvalue weighted by Gasteiger charge is -2.12. The molecule has 9 heteroatoms. The summed E-state index contributed by atoms with van der Waals surface area (Å²) in [4.78, 5) is 20.1. The number of benzene rings is 1. The molecule has 0 atom stereocenters. The SMILES string of the molecule is COC(=O)CCCc1cc2nc(Cl)ccc2n1S(=O)(=O)c1ccc2ncccc2c1. The van der Waals surface area contributed by atoms with Crippen LogP contribution in [0, 0.1) is 0 Å². The van der Waals surface area contributed by atoms with Crippen molar-refractivity contribution in [3.8, 4) is 0 Å². The Morgan fingerprint density at radius 3 is 2.77 bits per heavy atom. The first-order valence-electron chi connectivity index (χ1n) is 9.24. The van der Waals surface area contributed by atoms with E-state index < -0.39 is 10.0 Å². The number of halogens is 1. The van der Waals surface area contributed by atoms with Crippen molar-refractivity contribution in [3.63, 3.8) is 0 Å². The third-order valence-corrected chi connectivity index (χ3v) is 6.78. The topological polar surface area (TPSA) is 91.1 Å². The zero-order valence-electron chi connectivity index (χ0n) is 16.1. The van der Waals surface area contributed by atoms with E-state index in [0.717, 1.165) is 5.39 Å². The number of methoxy groups -OCH3 is 1. The second-order valence-electron chi connectivity index (χ2n) is 6.73. The summed E-state index contributed by atoms with van der Waals surface area (Å²) in [6.45, 7) is 0. The van der Waals surface area contributed by atoms with Crippen LogP contribution in [0.2, 0.25) is 5.15 Å². The standard InChI is InChI=1S/C21H18ClN3O4S/c1-29-21(26)6-2-5-15-13-18-19(9-10-20(22)24-18)25(15)30(27,28)16-7-8-17-14(12-16)4-3-11-23-17/h3-4,7-13H,2,5-6H2,1H3. The van der Waals surface area contributed by atoms with Crippen LogP contribution in [-0.2, 0) is 26.0 Å². The number of aryl methyl sites for hydroxylation is 1. The second kappa shape index (κ2) is 8.04. The molecule has 0 unspecified atom stereocenters. The Balaban J connectivity index is 1.83. The minimum Gasteiger partial charge on any atom is -0.469 e. The Labute approximate surface area is 178 Å². The van der Waals surface area contributed by atoms with Gasteiger partial charge in [0, 0.05) is 23.7 Å². The van der Waals surface area contributed by atoms with Gasteiger partial charge in [-0.25, -0.2) is 17.4 Å². The summed E-state index contributed by atoms with van der Waals surface area (Å²) in [6, 6.07) is 13.3. The molecule has 3 aromatic heterocycles. The molecule has 1 aromatic carbocycles. The molecule has 4 rings (SSSR count). The molecule has 0 aliphatic rings. The first-order chi connectivity index (χ1) is 14.4. The molecule has 0 aliphatic heterocycles. The van der Waals surface area contributed by atoms with Gasteiger partial charge in [0.05, 0.1) is 28.6 Å². The van der Waals surface area contributed by atoms with Crippen molar-refractivity contribution in [1.29, 1.82) is 0 Å². The number of fused-ring (bicyclic) bond motifs is 2. The van der Waals surface area contributed by atoms with Crippen LogP contribution in [0.3, 0.4) is 0 Å². The van der Waals surface area contributed by atoms with Gasteiger partial charge in [0.25, 0.3) is 10.0 Å². The largest absolute Gasteiger partial charge is 0.469 e. The fraction of sp³-hybridized carbons (Fsp3) is 0.190. The van der Waals surface area contributed by atoms with Crippen molar-refractivity contribution < 1.29 is 17.9 Å². The zero-order chi connectivity index (χ0) is 21.3. The summed E-state index contributed by atoms with van der Waals surface area (Å²) in [6.07, 6.45) is 2.64. The van der Waals surface area contributed by atoms with Crippen molar-refractivity contribution in [2.45, 2.75) is 24.2 Å². The number of pyridine rings is 2. The lowest BCUT2D eigenvalue weighted by atomic mass is 10.2. The Bertz CT molecular complexity index is 1370. The number of esters is 1. The van der Waals surface area contributed by atoms with Crippen LogP contribution >= 0.6 is 11.6 Å². The van der Waals surface area contributed by atoms with Crippen molar-refractivity contribution in [2.24, 2.45) is 0 Å². The second-order valence-corrected chi connectivity index (χ2v) is 8.90. The van der Waals surface area contributed by atoms with E-state index in [1.807, 2.05) is 6.07 Å². The van der Waals surface area contributed by atoms with Crippen LogP contribution in [0.25, 0.3) is 21.9 Å². The Kier molecular flexibility index (Phi) is 5.44. The minimum atomic E-state index is -3.92. The van der Waals surface area contributed by atoms with Gasteiger partial charge in [0.15, 0.2) is 0 Å².